The second-order valence-electron chi connectivity index (χ2n) is 8.49. The summed E-state index contributed by atoms with van der Waals surface area (Å²) in [5.41, 5.74) is 2.83. The van der Waals surface area contributed by atoms with Crippen molar-refractivity contribution in [1.29, 1.82) is 0 Å². The standard InChI is InChI=1S/C22H25N7S/c1-15-7-5-6-11-28(15)20-19-17-10-12-27(13-16-8-3-2-4-9-16)14-18(17)30-21(19)29-22(23-20)24-25-26-29/h2-4,8-9,15H,5-7,10-14H2,1H3/t15-/m0/s1. The molecule has 1 saturated heterocycles. The summed E-state index contributed by atoms with van der Waals surface area (Å²) < 4.78 is 1.83. The monoisotopic (exact) mass is 419 g/mol. The summed E-state index contributed by atoms with van der Waals surface area (Å²) in [6.07, 6.45) is 4.79. The number of anilines is 1. The fraction of sp³-hybridized carbons (Fsp3) is 0.455. The topological polar surface area (TPSA) is 62.5 Å². The fourth-order valence-corrected chi connectivity index (χ4v) is 6.28. The van der Waals surface area contributed by atoms with E-state index in [1.54, 1.807) is 0 Å². The number of hydrogen-bond acceptors (Lipinski definition) is 7. The zero-order chi connectivity index (χ0) is 20.1. The van der Waals surface area contributed by atoms with E-state index in [-0.39, 0.29) is 0 Å². The van der Waals surface area contributed by atoms with E-state index in [0.29, 0.717) is 11.8 Å². The van der Waals surface area contributed by atoms with Gasteiger partial charge >= 0.3 is 0 Å². The number of rotatable bonds is 3. The van der Waals surface area contributed by atoms with Gasteiger partial charge in [0.25, 0.3) is 5.78 Å². The van der Waals surface area contributed by atoms with Crippen LogP contribution in [-0.4, -0.2) is 49.1 Å². The van der Waals surface area contributed by atoms with E-state index in [2.05, 4.69) is 62.6 Å². The van der Waals surface area contributed by atoms with Crippen molar-refractivity contribution in [2.24, 2.45) is 0 Å². The molecule has 0 aliphatic carbocycles. The van der Waals surface area contributed by atoms with Crippen LogP contribution in [0.5, 0.6) is 0 Å². The Kier molecular flexibility index (Phi) is 4.42. The normalized spacial score (nSPS) is 20.2. The quantitative estimate of drug-likeness (QED) is 0.505. The van der Waals surface area contributed by atoms with Crippen molar-refractivity contribution >= 4 is 33.1 Å². The zero-order valence-corrected chi connectivity index (χ0v) is 18.0. The van der Waals surface area contributed by atoms with E-state index in [0.717, 1.165) is 43.2 Å². The molecule has 0 spiro atoms. The maximum Gasteiger partial charge on any atom is 0.276 e. The summed E-state index contributed by atoms with van der Waals surface area (Å²) in [6.45, 7) is 6.41. The second-order valence-corrected chi connectivity index (χ2v) is 9.58. The van der Waals surface area contributed by atoms with E-state index in [1.807, 2.05) is 15.9 Å². The Morgan fingerprint density at radius 2 is 2.03 bits per heavy atom. The molecule has 0 N–H and O–H groups in total. The van der Waals surface area contributed by atoms with Crippen LogP contribution in [0.1, 0.15) is 42.2 Å². The van der Waals surface area contributed by atoms with Gasteiger partial charge in [0.05, 0.1) is 5.39 Å². The maximum atomic E-state index is 4.95. The molecule has 5 heterocycles. The fourth-order valence-electron chi connectivity index (χ4n) is 4.95. The van der Waals surface area contributed by atoms with Gasteiger partial charge in [-0.3, -0.25) is 4.90 Å². The summed E-state index contributed by atoms with van der Waals surface area (Å²) in [6, 6.07) is 11.3. The van der Waals surface area contributed by atoms with Crippen LogP contribution in [0.15, 0.2) is 30.3 Å². The molecule has 0 saturated carbocycles. The Balaban J connectivity index is 1.44. The van der Waals surface area contributed by atoms with Crippen LogP contribution in [0.25, 0.3) is 16.0 Å². The van der Waals surface area contributed by atoms with Gasteiger partial charge in [-0.15, -0.1) is 11.3 Å². The molecule has 8 heteroatoms. The first kappa shape index (κ1) is 18.2. The Morgan fingerprint density at radius 1 is 1.13 bits per heavy atom. The molecule has 4 aromatic rings. The molecule has 3 aromatic heterocycles. The predicted octanol–water partition coefficient (Wildman–Crippen LogP) is 3.67. The highest BCUT2D eigenvalue weighted by Crippen LogP contribution is 2.41. The van der Waals surface area contributed by atoms with Crippen LogP contribution < -0.4 is 4.90 Å². The van der Waals surface area contributed by atoms with E-state index < -0.39 is 0 Å². The second kappa shape index (κ2) is 7.28. The SMILES string of the molecule is C[C@H]1CCCCN1c1nc2nnnn2c2sc3c(c12)CCN(Cc1ccccc1)C3. The molecule has 0 unspecified atom stereocenters. The van der Waals surface area contributed by atoms with Crippen molar-refractivity contribution in [3.63, 3.8) is 0 Å². The van der Waals surface area contributed by atoms with Crippen LogP contribution in [-0.2, 0) is 19.5 Å². The molecule has 1 fully saturated rings. The first-order valence-electron chi connectivity index (χ1n) is 10.8. The first-order chi connectivity index (χ1) is 14.8. The van der Waals surface area contributed by atoms with Gasteiger partial charge in [0.1, 0.15) is 10.6 Å². The number of hydrogen-bond donors (Lipinski definition) is 0. The molecule has 0 radical (unpaired) electrons. The zero-order valence-electron chi connectivity index (χ0n) is 17.2. The third kappa shape index (κ3) is 2.97. The first-order valence-corrected chi connectivity index (χ1v) is 11.6. The van der Waals surface area contributed by atoms with Crippen molar-refractivity contribution in [2.75, 3.05) is 18.0 Å². The molecule has 6 rings (SSSR count). The minimum absolute atomic E-state index is 0.501. The molecule has 7 nitrogen and oxygen atoms in total. The molecular weight excluding hydrogens is 394 g/mol. The molecule has 1 atom stereocenters. The van der Waals surface area contributed by atoms with Gasteiger partial charge in [0.15, 0.2) is 0 Å². The summed E-state index contributed by atoms with van der Waals surface area (Å²) in [4.78, 5) is 12.6. The molecular formula is C22H25N7S. The minimum atomic E-state index is 0.501. The van der Waals surface area contributed by atoms with E-state index in [4.69, 9.17) is 4.98 Å². The van der Waals surface area contributed by atoms with Gasteiger partial charge in [-0.1, -0.05) is 35.4 Å². The molecule has 2 aliphatic rings. The van der Waals surface area contributed by atoms with Crippen molar-refractivity contribution in [3.8, 4) is 0 Å². The summed E-state index contributed by atoms with van der Waals surface area (Å²) in [5.74, 6) is 1.70. The molecule has 2 aliphatic heterocycles. The van der Waals surface area contributed by atoms with Crippen LogP contribution in [0.4, 0.5) is 5.82 Å². The summed E-state index contributed by atoms with van der Waals surface area (Å²) in [7, 11) is 0. The van der Waals surface area contributed by atoms with Crippen molar-refractivity contribution in [2.45, 2.75) is 51.7 Å². The van der Waals surface area contributed by atoms with Crippen LogP contribution in [0, 0.1) is 0 Å². The van der Waals surface area contributed by atoms with Crippen molar-refractivity contribution in [3.05, 3.63) is 46.3 Å². The Hall–Kier alpha value is -2.58. The maximum absolute atomic E-state index is 4.95. The van der Waals surface area contributed by atoms with Gasteiger partial charge in [-0.25, -0.2) is 0 Å². The molecule has 0 amide bonds. The van der Waals surface area contributed by atoms with Gasteiger partial charge in [0.2, 0.25) is 0 Å². The van der Waals surface area contributed by atoms with Crippen molar-refractivity contribution < 1.29 is 0 Å². The number of thiophene rings is 1. The summed E-state index contributed by atoms with van der Waals surface area (Å²) >= 11 is 1.84. The highest BCUT2D eigenvalue weighted by Gasteiger charge is 2.29. The highest BCUT2D eigenvalue weighted by atomic mass is 32.1. The molecule has 30 heavy (non-hydrogen) atoms. The Morgan fingerprint density at radius 3 is 2.90 bits per heavy atom. The minimum Gasteiger partial charge on any atom is -0.353 e. The van der Waals surface area contributed by atoms with E-state index in [1.165, 1.54) is 40.7 Å². The van der Waals surface area contributed by atoms with Crippen molar-refractivity contribution in [1.82, 2.24) is 29.9 Å². The number of piperidine rings is 1. The van der Waals surface area contributed by atoms with Crippen LogP contribution >= 0.6 is 11.3 Å². The van der Waals surface area contributed by atoms with E-state index in [9.17, 15) is 0 Å². The lowest BCUT2D eigenvalue weighted by molar-refractivity contribution is 0.249. The van der Waals surface area contributed by atoms with Crippen LogP contribution in [0.2, 0.25) is 0 Å². The van der Waals surface area contributed by atoms with E-state index >= 15 is 0 Å². The third-order valence-electron chi connectivity index (χ3n) is 6.52. The smallest absolute Gasteiger partial charge is 0.276 e. The number of nitrogens with zero attached hydrogens (tertiary/aromatic N) is 7. The number of fused-ring (bicyclic) bond motifs is 5. The van der Waals surface area contributed by atoms with Gasteiger partial charge < -0.3 is 4.90 Å². The Labute approximate surface area is 179 Å². The summed E-state index contributed by atoms with van der Waals surface area (Å²) in [5, 5.41) is 13.6. The average molecular weight is 420 g/mol. The molecule has 0 bridgehead atoms. The Bertz CT molecular complexity index is 1200. The number of aromatic nitrogens is 5. The number of tetrazole rings is 1. The van der Waals surface area contributed by atoms with Gasteiger partial charge in [0, 0.05) is 37.1 Å². The average Bonchev–Trinajstić information content (AvgIpc) is 3.38. The van der Waals surface area contributed by atoms with Gasteiger partial charge in [-0.2, -0.15) is 9.50 Å². The predicted molar refractivity (Wildman–Crippen MR) is 119 cm³/mol. The molecule has 154 valence electrons. The largest absolute Gasteiger partial charge is 0.353 e. The lowest BCUT2D eigenvalue weighted by atomic mass is 10.0. The van der Waals surface area contributed by atoms with Gasteiger partial charge in [-0.05, 0) is 54.2 Å². The lowest BCUT2D eigenvalue weighted by Crippen LogP contribution is -2.38. The highest BCUT2D eigenvalue weighted by molar-refractivity contribution is 7.19. The third-order valence-corrected chi connectivity index (χ3v) is 7.71. The lowest BCUT2D eigenvalue weighted by Gasteiger charge is -2.35. The number of benzene rings is 1. The van der Waals surface area contributed by atoms with Crippen LogP contribution in [0.3, 0.4) is 0 Å². The molecule has 1 aromatic carbocycles.